The first-order chi connectivity index (χ1) is 10.1. The summed E-state index contributed by atoms with van der Waals surface area (Å²) in [5.41, 5.74) is 0.120. The fraction of sp³-hybridized carbons (Fsp3) is 0.688. The topological polar surface area (TPSA) is 41.6 Å². The number of hydrogen-bond donors (Lipinski definition) is 1. The van der Waals surface area contributed by atoms with E-state index < -0.39 is 0 Å². The smallest absolute Gasteiger partial charge is 0.226 e. The molecule has 1 atom stereocenters. The van der Waals surface area contributed by atoms with E-state index in [0.717, 1.165) is 39.0 Å². The van der Waals surface area contributed by atoms with Crippen LogP contribution in [0.25, 0.3) is 0 Å². The number of ether oxygens (including phenoxy) is 1. The van der Waals surface area contributed by atoms with Gasteiger partial charge in [-0.05, 0) is 45.0 Å². The average Bonchev–Trinajstić information content (AvgIpc) is 3.01. The minimum absolute atomic E-state index is 0.0358. The summed E-state index contributed by atoms with van der Waals surface area (Å²) in [5.74, 6) is 0.216. The largest absolute Gasteiger partial charge is 0.384 e. The Morgan fingerprint density at radius 3 is 2.81 bits per heavy atom. The second kappa shape index (κ2) is 6.07. The molecule has 0 aliphatic carbocycles. The summed E-state index contributed by atoms with van der Waals surface area (Å²) in [5, 5.41) is 3.05. The van der Waals surface area contributed by atoms with Gasteiger partial charge in [-0.2, -0.15) is 0 Å². The molecule has 1 amide bonds. The molecule has 1 aromatic heterocycles. The third-order valence-electron chi connectivity index (χ3n) is 5.03. The lowest BCUT2D eigenvalue weighted by Crippen LogP contribution is -2.45. The molecule has 0 aromatic carbocycles. The number of nitrogens with one attached hydrogen (secondary N) is 1. The number of likely N-dealkylation sites (tertiary alicyclic amines) is 1. The van der Waals surface area contributed by atoms with Crippen LogP contribution >= 0.6 is 11.3 Å². The summed E-state index contributed by atoms with van der Waals surface area (Å²) in [6.07, 6.45) is 2.17. The van der Waals surface area contributed by atoms with Crippen molar-refractivity contribution in [3.05, 3.63) is 21.9 Å². The van der Waals surface area contributed by atoms with Crippen LogP contribution < -0.4 is 5.32 Å². The highest BCUT2D eigenvalue weighted by molar-refractivity contribution is 7.11. The van der Waals surface area contributed by atoms with Gasteiger partial charge in [-0.15, -0.1) is 11.3 Å². The normalized spacial score (nSPS) is 25.4. The van der Waals surface area contributed by atoms with E-state index in [9.17, 15) is 4.79 Å². The zero-order valence-corrected chi connectivity index (χ0v) is 13.7. The van der Waals surface area contributed by atoms with Gasteiger partial charge in [0.2, 0.25) is 5.91 Å². The molecule has 5 heteroatoms. The van der Waals surface area contributed by atoms with Crippen LogP contribution in [-0.2, 0) is 16.1 Å². The molecule has 1 aromatic rings. The van der Waals surface area contributed by atoms with Gasteiger partial charge >= 0.3 is 0 Å². The maximum Gasteiger partial charge on any atom is 0.226 e. The fourth-order valence-corrected chi connectivity index (χ4v) is 4.61. The molecule has 2 fully saturated rings. The van der Waals surface area contributed by atoms with Crippen molar-refractivity contribution in [1.82, 2.24) is 10.2 Å². The number of carbonyl (C=O) groups excluding carboxylic acids is 1. The molecule has 116 valence electrons. The van der Waals surface area contributed by atoms with Gasteiger partial charge in [-0.1, -0.05) is 0 Å². The quantitative estimate of drug-likeness (QED) is 0.925. The molecule has 4 nitrogen and oxygen atoms in total. The Kier molecular flexibility index (Phi) is 4.33. The monoisotopic (exact) mass is 308 g/mol. The van der Waals surface area contributed by atoms with Crippen molar-refractivity contribution in [2.45, 2.75) is 26.3 Å². The van der Waals surface area contributed by atoms with Crippen molar-refractivity contribution in [2.75, 3.05) is 33.4 Å². The summed E-state index contributed by atoms with van der Waals surface area (Å²) < 4.78 is 5.28. The average molecular weight is 308 g/mol. The van der Waals surface area contributed by atoms with Gasteiger partial charge in [0.15, 0.2) is 0 Å². The molecule has 1 N–H and O–H groups in total. The number of nitrogens with zero attached hydrogens (tertiary/aromatic N) is 1. The van der Waals surface area contributed by atoms with E-state index in [2.05, 4.69) is 29.3 Å². The number of hydrogen-bond acceptors (Lipinski definition) is 4. The van der Waals surface area contributed by atoms with Gasteiger partial charge in [0.05, 0.1) is 12.5 Å². The SMILES string of the molecule is COC[C@@H]1C(=O)NCC12CCN(Cc1ccc(C)s1)CC2. The number of piperidine rings is 1. The summed E-state index contributed by atoms with van der Waals surface area (Å²) >= 11 is 1.89. The molecule has 3 heterocycles. The standard InChI is InChI=1S/C16H24N2O2S/c1-12-3-4-13(21-12)9-18-7-5-16(6-8-18)11-17-15(19)14(16)10-20-2/h3-4,14H,5-11H2,1-2H3,(H,17,19)/t14-/m1/s1. The number of thiophene rings is 1. The Bertz CT molecular complexity index is 506. The minimum atomic E-state index is 0.0358. The van der Waals surface area contributed by atoms with Crippen LogP contribution in [0.3, 0.4) is 0 Å². The Morgan fingerprint density at radius 1 is 1.43 bits per heavy atom. The van der Waals surface area contributed by atoms with Crippen LogP contribution in [0.4, 0.5) is 0 Å². The molecule has 0 bridgehead atoms. The molecular formula is C16H24N2O2S. The van der Waals surface area contributed by atoms with Crippen LogP contribution in [0.2, 0.25) is 0 Å². The molecular weight excluding hydrogens is 284 g/mol. The van der Waals surface area contributed by atoms with Gasteiger partial charge in [-0.3, -0.25) is 9.69 Å². The summed E-state index contributed by atoms with van der Waals surface area (Å²) in [6.45, 7) is 6.73. The maximum atomic E-state index is 12.0. The number of aryl methyl sites for hydroxylation is 1. The van der Waals surface area contributed by atoms with Crippen LogP contribution in [-0.4, -0.2) is 44.2 Å². The molecule has 2 saturated heterocycles. The molecule has 0 saturated carbocycles. The minimum Gasteiger partial charge on any atom is -0.384 e. The highest BCUT2D eigenvalue weighted by atomic mass is 32.1. The zero-order valence-electron chi connectivity index (χ0n) is 12.9. The summed E-state index contributed by atoms with van der Waals surface area (Å²) in [6, 6.07) is 4.43. The van der Waals surface area contributed by atoms with Crippen LogP contribution in [0.5, 0.6) is 0 Å². The van der Waals surface area contributed by atoms with Crippen molar-refractivity contribution in [1.29, 1.82) is 0 Å². The van der Waals surface area contributed by atoms with Gasteiger partial charge in [-0.25, -0.2) is 0 Å². The molecule has 21 heavy (non-hydrogen) atoms. The fourth-order valence-electron chi connectivity index (χ4n) is 3.68. The second-order valence-corrected chi connectivity index (χ2v) is 7.75. The van der Waals surface area contributed by atoms with E-state index in [1.54, 1.807) is 7.11 Å². The number of amides is 1. The van der Waals surface area contributed by atoms with Gasteiger partial charge in [0, 0.05) is 35.4 Å². The second-order valence-electron chi connectivity index (χ2n) is 6.38. The van der Waals surface area contributed by atoms with Crippen molar-refractivity contribution < 1.29 is 9.53 Å². The molecule has 3 rings (SSSR count). The first-order valence-electron chi connectivity index (χ1n) is 7.67. The van der Waals surface area contributed by atoms with Crippen molar-refractivity contribution >= 4 is 17.2 Å². The number of methoxy groups -OCH3 is 1. The third kappa shape index (κ3) is 3.00. The van der Waals surface area contributed by atoms with Crippen molar-refractivity contribution in [2.24, 2.45) is 11.3 Å². The molecule has 0 radical (unpaired) electrons. The predicted octanol–water partition coefficient (Wildman–Crippen LogP) is 2.03. The summed E-state index contributed by atoms with van der Waals surface area (Å²) in [4.78, 5) is 17.3. The lowest BCUT2D eigenvalue weighted by Gasteiger charge is -2.41. The lowest BCUT2D eigenvalue weighted by molar-refractivity contribution is -0.126. The van der Waals surface area contributed by atoms with E-state index in [-0.39, 0.29) is 17.2 Å². The molecule has 2 aliphatic rings. The number of carbonyl (C=O) groups is 1. The first kappa shape index (κ1) is 15.0. The van der Waals surface area contributed by atoms with E-state index in [4.69, 9.17) is 4.74 Å². The third-order valence-corrected chi connectivity index (χ3v) is 6.02. The van der Waals surface area contributed by atoms with E-state index in [0.29, 0.717) is 6.61 Å². The van der Waals surface area contributed by atoms with E-state index in [1.165, 1.54) is 9.75 Å². The van der Waals surface area contributed by atoms with Gasteiger partial charge < -0.3 is 10.1 Å². The van der Waals surface area contributed by atoms with E-state index >= 15 is 0 Å². The Hall–Kier alpha value is -0.910. The molecule has 2 aliphatic heterocycles. The zero-order chi connectivity index (χ0) is 14.9. The van der Waals surface area contributed by atoms with E-state index in [1.807, 2.05) is 11.3 Å². The van der Waals surface area contributed by atoms with Crippen molar-refractivity contribution in [3.63, 3.8) is 0 Å². The Morgan fingerprint density at radius 2 is 2.19 bits per heavy atom. The molecule has 0 unspecified atom stereocenters. The predicted molar refractivity (Wildman–Crippen MR) is 84.4 cm³/mol. The van der Waals surface area contributed by atoms with Gasteiger partial charge in [0.1, 0.15) is 0 Å². The van der Waals surface area contributed by atoms with Crippen LogP contribution in [0, 0.1) is 18.3 Å². The summed E-state index contributed by atoms with van der Waals surface area (Å²) in [7, 11) is 1.69. The highest BCUT2D eigenvalue weighted by Gasteiger charge is 2.49. The molecule has 1 spiro atoms. The highest BCUT2D eigenvalue weighted by Crippen LogP contribution is 2.42. The maximum absolute atomic E-state index is 12.0. The number of rotatable bonds is 4. The lowest BCUT2D eigenvalue weighted by atomic mass is 9.71. The Labute approximate surface area is 130 Å². The first-order valence-corrected chi connectivity index (χ1v) is 8.49. The van der Waals surface area contributed by atoms with Crippen molar-refractivity contribution in [3.8, 4) is 0 Å². The van der Waals surface area contributed by atoms with Crippen LogP contribution in [0.1, 0.15) is 22.6 Å². The van der Waals surface area contributed by atoms with Gasteiger partial charge in [0.25, 0.3) is 0 Å². The van der Waals surface area contributed by atoms with Crippen LogP contribution in [0.15, 0.2) is 12.1 Å². The Balaban J connectivity index is 1.60.